The first-order valence-corrected chi connectivity index (χ1v) is 10.0. The molecule has 0 aliphatic heterocycles. The Morgan fingerprint density at radius 1 is 1.12 bits per heavy atom. The summed E-state index contributed by atoms with van der Waals surface area (Å²) >= 11 is 3.31. The summed E-state index contributed by atoms with van der Waals surface area (Å²) in [4.78, 5) is 0. The third-order valence-electron chi connectivity index (χ3n) is 2.26. The average Bonchev–Trinajstić information content (AvgIpc) is 2.12. The zero-order valence-corrected chi connectivity index (χ0v) is 13.6. The first kappa shape index (κ1) is 17.3. The highest BCUT2D eigenvalue weighted by Gasteiger charge is 2.21. The third kappa shape index (κ3) is 9.99. The van der Waals surface area contributed by atoms with Crippen molar-refractivity contribution in [3.05, 3.63) is 0 Å². The SMILES string of the molecule is CC(C)(CCBr)CNS(=O)(=O)CCS(C)(=O)=O. The van der Waals surface area contributed by atoms with E-state index in [4.69, 9.17) is 0 Å². The molecule has 0 aromatic rings. The van der Waals surface area contributed by atoms with Gasteiger partial charge >= 0.3 is 0 Å². The van der Waals surface area contributed by atoms with Gasteiger partial charge in [0.2, 0.25) is 10.0 Å². The molecule has 5 nitrogen and oxygen atoms in total. The minimum absolute atomic E-state index is 0.151. The van der Waals surface area contributed by atoms with Gasteiger partial charge in [0.25, 0.3) is 0 Å². The van der Waals surface area contributed by atoms with Gasteiger partial charge in [-0.3, -0.25) is 0 Å². The summed E-state index contributed by atoms with van der Waals surface area (Å²) in [6.07, 6.45) is 1.86. The molecule has 0 heterocycles. The lowest BCUT2D eigenvalue weighted by molar-refractivity contribution is 0.354. The molecule has 0 saturated carbocycles. The van der Waals surface area contributed by atoms with Gasteiger partial charge in [0.1, 0.15) is 9.84 Å². The van der Waals surface area contributed by atoms with Crippen LogP contribution in [0.1, 0.15) is 20.3 Å². The molecular formula is C9H20BrNO4S2. The Hall–Kier alpha value is 0.340. The quantitative estimate of drug-likeness (QED) is 0.656. The van der Waals surface area contributed by atoms with Gasteiger partial charge in [-0.15, -0.1) is 0 Å². The molecule has 104 valence electrons. The van der Waals surface area contributed by atoms with Crippen molar-refractivity contribution in [2.24, 2.45) is 5.41 Å². The highest BCUT2D eigenvalue weighted by molar-refractivity contribution is 9.09. The van der Waals surface area contributed by atoms with E-state index in [-0.39, 0.29) is 16.9 Å². The minimum Gasteiger partial charge on any atom is -0.229 e. The smallest absolute Gasteiger partial charge is 0.212 e. The van der Waals surface area contributed by atoms with Crippen LogP contribution >= 0.6 is 15.9 Å². The minimum atomic E-state index is -3.51. The molecule has 0 fully saturated rings. The van der Waals surface area contributed by atoms with Gasteiger partial charge in [0.05, 0.1) is 11.5 Å². The Bertz CT molecular complexity index is 428. The summed E-state index contributed by atoms with van der Waals surface area (Å²) in [6.45, 7) is 4.21. The molecule has 0 unspecified atom stereocenters. The highest BCUT2D eigenvalue weighted by Crippen LogP contribution is 2.20. The molecule has 17 heavy (non-hydrogen) atoms. The van der Waals surface area contributed by atoms with Crippen LogP contribution in [0.5, 0.6) is 0 Å². The molecule has 0 aromatic carbocycles. The summed E-state index contributed by atoms with van der Waals surface area (Å²) in [5.74, 6) is -0.725. The molecular weight excluding hydrogens is 330 g/mol. The second kappa shape index (κ2) is 6.49. The van der Waals surface area contributed by atoms with Gasteiger partial charge in [-0.1, -0.05) is 29.8 Å². The molecule has 1 N–H and O–H groups in total. The van der Waals surface area contributed by atoms with Gasteiger partial charge in [0, 0.05) is 18.1 Å². The van der Waals surface area contributed by atoms with E-state index in [2.05, 4.69) is 20.7 Å². The van der Waals surface area contributed by atoms with Crippen LogP contribution in [0.3, 0.4) is 0 Å². The molecule has 0 aromatic heterocycles. The number of nitrogens with one attached hydrogen (secondary N) is 1. The third-order valence-corrected chi connectivity index (χ3v) is 5.19. The lowest BCUT2D eigenvalue weighted by Crippen LogP contribution is -2.37. The van der Waals surface area contributed by atoms with E-state index < -0.39 is 19.9 Å². The standard InChI is InChI=1S/C9H20BrNO4S2/c1-9(2,4-5-10)8-11-17(14,15)7-6-16(3,12)13/h11H,4-8H2,1-3H3. The molecule has 0 radical (unpaired) electrons. The van der Waals surface area contributed by atoms with Gasteiger partial charge < -0.3 is 0 Å². The van der Waals surface area contributed by atoms with Crippen molar-refractivity contribution in [3.8, 4) is 0 Å². The van der Waals surface area contributed by atoms with E-state index in [0.717, 1.165) is 18.0 Å². The predicted molar refractivity (Wildman–Crippen MR) is 73.7 cm³/mol. The van der Waals surface area contributed by atoms with Crippen molar-refractivity contribution in [1.82, 2.24) is 4.72 Å². The van der Waals surface area contributed by atoms with Crippen LogP contribution in [-0.2, 0) is 19.9 Å². The maximum absolute atomic E-state index is 11.5. The van der Waals surface area contributed by atoms with E-state index >= 15 is 0 Å². The van der Waals surface area contributed by atoms with Crippen molar-refractivity contribution < 1.29 is 16.8 Å². The number of rotatable bonds is 8. The van der Waals surface area contributed by atoms with Crippen LogP contribution in [-0.4, -0.2) is 46.5 Å². The number of hydrogen-bond donors (Lipinski definition) is 1. The summed E-state index contributed by atoms with van der Waals surface area (Å²) in [7, 11) is -6.76. The number of hydrogen-bond acceptors (Lipinski definition) is 4. The molecule has 0 rings (SSSR count). The first-order chi connectivity index (χ1) is 7.47. The lowest BCUT2D eigenvalue weighted by atomic mass is 9.91. The van der Waals surface area contributed by atoms with Crippen LogP contribution < -0.4 is 4.72 Å². The number of halogens is 1. The van der Waals surface area contributed by atoms with Gasteiger partial charge in [-0.05, 0) is 11.8 Å². The molecule has 0 amide bonds. The molecule has 0 aliphatic rings. The monoisotopic (exact) mass is 349 g/mol. The van der Waals surface area contributed by atoms with Crippen LogP contribution in [0.25, 0.3) is 0 Å². The van der Waals surface area contributed by atoms with Crippen LogP contribution in [0, 0.1) is 5.41 Å². The van der Waals surface area contributed by atoms with Crippen molar-refractivity contribution >= 4 is 35.8 Å². The second-order valence-corrected chi connectivity index (χ2v) is 9.85. The summed E-state index contributed by atoms with van der Waals surface area (Å²) in [5.41, 5.74) is -0.151. The topological polar surface area (TPSA) is 80.3 Å². The number of alkyl halides is 1. The Balaban J connectivity index is 4.29. The normalized spacial score (nSPS) is 13.9. The van der Waals surface area contributed by atoms with Gasteiger partial charge in [0.15, 0.2) is 0 Å². The summed E-state index contributed by atoms with van der Waals surface area (Å²) in [5, 5.41) is 0.797. The Morgan fingerprint density at radius 2 is 1.65 bits per heavy atom. The maximum atomic E-state index is 11.5. The van der Waals surface area contributed by atoms with Crippen molar-refractivity contribution in [3.63, 3.8) is 0 Å². The Labute approximate surface area is 112 Å². The predicted octanol–water partition coefficient (Wildman–Crippen LogP) is 0.762. The molecule has 0 aliphatic carbocycles. The summed E-state index contributed by atoms with van der Waals surface area (Å²) < 4.78 is 47.3. The second-order valence-electron chi connectivity index (χ2n) is 4.87. The zero-order chi connectivity index (χ0) is 13.7. The first-order valence-electron chi connectivity index (χ1n) is 5.18. The molecule has 0 bridgehead atoms. The number of sulfone groups is 1. The van der Waals surface area contributed by atoms with E-state index in [1.54, 1.807) is 0 Å². The van der Waals surface area contributed by atoms with E-state index in [1.807, 2.05) is 13.8 Å². The van der Waals surface area contributed by atoms with Crippen LogP contribution in [0.4, 0.5) is 0 Å². The Morgan fingerprint density at radius 3 is 2.06 bits per heavy atom. The molecule has 0 atom stereocenters. The number of sulfonamides is 1. The fraction of sp³-hybridized carbons (Fsp3) is 1.00. The zero-order valence-electron chi connectivity index (χ0n) is 10.4. The fourth-order valence-corrected chi connectivity index (χ4v) is 4.90. The molecule has 8 heteroatoms. The average molecular weight is 350 g/mol. The van der Waals surface area contributed by atoms with E-state index in [1.165, 1.54) is 0 Å². The van der Waals surface area contributed by atoms with Crippen molar-refractivity contribution in [2.75, 3.05) is 29.6 Å². The van der Waals surface area contributed by atoms with Gasteiger partial charge in [-0.25, -0.2) is 21.6 Å². The largest absolute Gasteiger partial charge is 0.229 e. The summed E-state index contributed by atoms with van der Waals surface area (Å²) in [6, 6.07) is 0. The highest BCUT2D eigenvalue weighted by atomic mass is 79.9. The lowest BCUT2D eigenvalue weighted by Gasteiger charge is -2.23. The fourth-order valence-electron chi connectivity index (χ4n) is 0.983. The van der Waals surface area contributed by atoms with Crippen LogP contribution in [0.2, 0.25) is 0 Å². The van der Waals surface area contributed by atoms with Crippen LogP contribution in [0.15, 0.2) is 0 Å². The Kier molecular flexibility index (Phi) is 6.62. The van der Waals surface area contributed by atoms with E-state index in [0.29, 0.717) is 6.54 Å². The maximum Gasteiger partial charge on any atom is 0.212 e. The molecule has 0 spiro atoms. The van der Waals surface area contributed by atoms with Crippen molar-refractivity contribution in [1.29, 1.82) is 0 Å². The van der Waals surface area contributed by atoms with E-state index in [9.17, 15) is 16.8 Å². The van der Waals surface area contributed by atoms with Gasteiger partial charge in [-0.2, -0.15) is 0 Å². The van der Waals surface area contributed by atoms with Crippen molar-refractivity contribution in [2.45, 2.75) is 20.3 Å². The molecule has 0 saturated heterocycles.